The molecule has 0 unspecified atom stereocenters. The van der Waals surface area contributed by atoms with Gasteiger partial charge in [-0.25, -0.2) is 14.6 Å². The van der Waals surface area contributed by atoms with Gasteiger partial charge in [-0.2, -0.15) is 0 Å². The van der Waals surface area contributed by atoms with Crippen LogP contribution >= 0.6 is 23.4 Å². The first-order valence-corrected chi connectivity index (χ1v) is 11.0. The molecule has 4 rings (SSSR count). The van der Waals surface area contributed by atoms with Crippen molar-refractivity contribution in [2.24, 2.45) is 0 Å². The number of thioether (sulfide) groups is 1. The number of hydrogen-bond donors (Lipinski definition) is 1. The minimum absolute atomic E-state index is 0.242. The van der Waals surface area contributed by atoms with Gasteiger partial charge in [-0.15, -0.1) is 5.10 Å². The largest absolute Gasteiger partial charge is 0.497 e. The van der Waals surface area contributed by atoms with Gasteiger partial charge >= 0.3 is 0 Å². The Hall–Kier alpha value is -3.43. The molecular weight excluding hydrogens is 448 g/mol. The summed E-state index contributed by atoms with van der Waals surface area (Å²) in [7, 11) is 1.60. The highest BCUT2D eigenvalue weighted by Crippen LogP contribution is 2.23. The van der Waals surface area contributed by atoms with Crippen LogP contribution < -0.4 is 10.1 Å². The average Bonchev–Trinajstić information content (AvgIpc) is 3.26. The van der Waals surface area contributed by atoms with Crippen molar-refractivity contribution in [2.45, 2.75) is 17.5 Å². The average molecular weight is 467 g/mol. The zero-order valence-corrected chi connectivity index (χ0v) is 18.7. The minimum Gasteiger partial charge on any atom is -0.497 e. The van der Waals surface area contributed by atoms with Crippen molar-refractivity contribution in [1.82, 2.24) is 30.3 Å². The number of ether oxygens (including phenoxy) is 1. The van der Waals surface area contributed by atoms with Crippen molar-refractivity contribution in [3.8, 4) is 11.4 Å². The van der Waals surface area contributed by atoms with Gasteiger partial charge in [0.1, 0.15) is 5.75 Å². The van der Waals surface area contributed by atoms with E-state index in [-0.39, 0.29) is 11.6 Å². The molecule has 0 saturated heterocycles. The summed E-state index contributed by atoms with van der Waals surface area (Å²) >= 11 is 7.41. The zero-order chi connectivity index (χ0) is 22.3. The Morgan fingerprint density at radius 2 is 1.91 bits per heavy atom. The summed E-state index contributed by atoms with van der Waals surface area (Å²) in [6, 6.07) is 16.4. The molecule has 8 nitrogen and oxygen atoms in total. The molecule has 0 radical (unpaired) electrons. The van der Waals surface area contributed by atoms with Crippen LogP contribution in [0.15, 0.2) is 72.1 Å². The highest BCUT2D eigenvalue weighted by atomic mass is 35.5. The quantitative estimate of drug-likeness (QED) is 0.310. The fourth-order valence-corrected chi connectivity index (χ4v) is 3.86. The van der Waals surface area contributed by atoms with Gasteiger partial charge in [0.25, 0.3) is 5.91 Å². The van der Waals surface area contributed by atoms with Gasteiger partial charge in [0.2, 0.25) is 0 Å². The molecule has 32 heavy (non-hydrogen) atoms. The SMILES string of the molecule is COc1cccc(CNC(=O)c2nnn(-c3ccc(Cl)cc3)c2CSc2ncccn2)c1. The van der Waals surface area contributed by atoms with E-state index >= 15 is 0 Å². The number of benzene rings is 2. The van der Waals surface area contributed by atoms with Gasteiger partial charge < -0.3 is 10.1 Å². The van der Waals surface area contributed by atoms with E-state index in [0.717, 1.165) is 17.0 Å². The lowest BCUT2D eigenvalue weighted by Crippen LogP contribution is -2.24. The number of carbonyl (C=O) groups excluding carboxylic acids is 1. The van der Waals surface area contributed by atoms with Crippen LogP contribution in [-0.2, 0) is 12.3 Å². The van der Waals surface area contributed by atoms with E-state index in [2.05, 4.69) is 25.6 Å². The minimum atomic E-state index is -0.322. The number of amides is 1. The molecule has 2 aromatic heterocycles. The van der Waals surface area contributed by atoms with Crippen molar-refractivity contribution in [3.63, 3.8) is 0 Å². The van der Waals surface area contributed by atoms with Gasteiger partial charge in [0.05, 0.1) is 18.5 Å². The molecule has 2 heterocycles. The number of methoxy groups -OCH3 is 1. The highest BCUT2D eigenvalue weighted by Gasteiger charge is 2.21. The molecule has 10 heteroatoms. The topological polar surface area (TPSA) is 94.8 Å². The summed E-state index contributed by atoms with van der Waals surface area (Å²) in [5, 5.41) is 12.5. The van der Waals surface area contributed by atoms with E-state index in [4.69, 9.17) is 16.3 Å². The molecule has 0 fully saturated rings. The number of hydrogen-bond acceptors (Lipinski definition) is 7. The van der Waals surface area contributed by atoms with E-state index < -0.39 is 0 Å². The summed E-state index contributed by atoms with van der Waals surface area (Å²) < 4.78 is 6.87. The maximum atomic E-state index is 13.0. The Labute approximate surface area is 194 Å². The van der Waals surface area contributed by atoms with Crippen molar-refractivity contribution in [1.29, 1.82) is 0 Å². The third kappa shape index (κ3) is 5.24. The molecule has 0 saturated carbocycles. The lowest BCUT2D eigenvalue weighted by molar-refractivity contribution is 0.0945. The van der Waals surface area contributed by atoms with Gasteiger partial charge in [-0.1, -0.05) is 40.7 Å². The molecule has 0 aliphatic heterocycles. The van der Waals surface area contributed by atoms with E-state index in [0.29, 0.717) is 28.2 Å². The van der Waals surface area contributed by atoms with E-state index in [9.17, 15) is 4.79 Å². The number of nitrogens with zero attached hydrogens (tertiary/aromatic N) is 5. The van der Waals surface area contributed by atoms with Gasteiger partial charge in [0.15, 0.2) is 10.9 Å². The predicted octanol–water partition coefficient (Wildman–Crippen LogP) is 3.94. The van der Waals surface area contributed by atoms with Crippen LogP contribution in [0.4, 0.5) is 0 Å². The fraction of sp³-hybridized carbons (Fsp3) is 0.136. The third-order valence-electron chi connectivity index (χ3n) is 4.52. The summed E-state index contributed by atoms with van der Waals surface area (Å²) in [5.41, 5.74) is 2.54. The van der Waals surface area contributed by atoms with E-state index in [1.807, 2.05) is 36.4 Å². The molecule has 2 aromatic carbocycles. The van der Waals surface area contributed by atoms with Crippen molar-refractivity contribution in [2.75, 3.05) is 7.11 Å². The summed E-state index contributed by atoms with van der Waals surface area (Å²) in [4.78, 5) is 21.4. The second kappa shape index (κ2) is 10.3. The fourth-order valence-electron chi connectivity index (χ4n) is 2.94. The molecule has 0 aliphatic rings. The second-order valence-electron chi connectivity index (χ2n) is 6.63. The monoisotopic (exact) mass is 466 g/mol. The van der Waals surface area contributed by atoms with Crippen molar-refractivity contribution < 1.29 is 9.53 Å². The molecule has 0 atom stereocenters. The summed E-state index contributed by atoms with van der Waals surface area (Å²) in [5.74, 6) is 0.810. The molecule has 162 valence electrons. The molecule has 0 aliphatic carbocycles. The van der Waals surface area contributed by atoms with Crippen LogP contribution in [0.25, 0.3) is 5.69 Å². The standard InChI is InChI=1S/C22H19ClN6O2S/c1-31-18-5-2-4-15(12-18)13-26-21(30)20-19(14-32-22-24-10-3-11-25-22)29(28-27-20)17-8-6-16(23)7-9-17/h2-12H,13-14H2,1H3,(H,26,30). The van der Waals surface area contributed by atoms with Crippen LogP contribution in [-0.4, -0.2) is 38.0 Å². The normalized spacial score (nSPS) is 10.7. The van der Waals surface area contributed by atoms with Crippen LogP contribution in [0.5, 0.6) is 5.75 Å². The molecule has 4 aromatic rings. The van der Waals surface area contributed by atoms with E-state index in [1.165, 1.54) is 11.8 Å². The van der Waals surface area contributed by atoms with Crippen LogP contribution in [0, 0.1) is 0 Å². The third-order valence-corrected chi connectivity index (χ3v) is 5.66. The molecule has 0 bridgehead atoms. The summed E-state index contributed by atoms with van der Waals surface area (Å²) in [6.07, 6.45) is 3.34. The Kier molecular flexibility index (Phi) is 6.98. The maximum Gasteiger partial charge on any atom is 0.274 e. The molecule has 1 amide bonds. The first kappa shape index (κ1) is 21.8. The number of halogens is 1. The van der Waals surface area contributed by atoms with Crippen LogP contribution in [0.1, 0.15) is 21.7 Å². The summed E-state index contributed by atoms with van der Waals surface area (Å²) in [6.45, 7) is 0.332. The molecule has 1 N–H and O–H groups in total. The van der Waals surface area contributed by atoms with Crippen LogP contribution in [0.2, 0.25) is 5.02 Å². The number of aromatic nitrogens is 5. The lowest BCUT2D eigenvalue weighted by Gasteiger charge is -2.09. The molecule has 0 spiro atoms. The Bertz CT molecular complexity index is 1200. The number of rotatable bonds is 8. The Morgan fingerprint density at radius 1 is 1.12 bits per heavy atom. The second-order valence-corrected chi connectivity index (χ2v) is 8.01. The zero-order valence-electron chi connectivity index (χ0n) is 17.1. The first-order valence-electron chi connectivity index (χ1n) is 9.65. The smallest absolute Gasteiger partial charge is 0.274 e. The first-order chi connectivity index (χ1) is 15.6. The lowest BCUT2D eigenvalue weighted by atomic mass is 10.2. The Morgan fingerprint density at radius 3 is 2.66 bits per heavy atom. The molecular formula is C22H19ClN6O2S. The van der Waals surface area contributed by atoms with Gasteiger partial charge in [-0.3, -0.25) is 4.79 Å². The number of carbonyl (C=O) groups is 1. The van der Waals surface area contributed by atoms with Crippen molar-refractivity contribution in [3.05, 3.63) is 89.0 Å². The Balaban J connectivity index is 1.58. The van der Waals surface area contributed by atoms with Gasteiger partial charge in [-0.05, 0) is 48.0 Å². The van der Waals surface area contributed by atoms with Crippen molar-refractivity contribution >= 4 is 29.3 Å². The van der Waals surface area contributed by atoms with Crippen LogP contribution in [0.3, 0.4) is 0 Å². The number of nitrogens with one attached hydrogen (secondary N) is 1. The van der Waals surface area contributed by atoms with E-state index in [1.54, 1.807) is 42.4 Å². The highest BCUT2D eigenvalue weighted by molar-refractivity contribution is 7.98. The maximum absolute atomic E-state index is 13.0. The van der Waals surface area contributed by atoms with Gasteiger partial charge in [0, 0.05) is 29.7 Å². The predicted molar refractivity (Wildman–Crippen MR) is 122 cm³/mol.